The highest BCUT2D eigenvalue weighted by atomic mass is 28.4. The quantitative estimate of drug-likeness (QED) is 0.410. The van der Waals surface area contributed by atoms with Crippen LogP contribution in [0.4, 0.5) is 0 Å². The highest BCUT2D eigenvalue weighted by molar-refractivity contribution is 6.67. The average molecular weight is 380 g/mol. The third kappa shape index (κ3) is 8.08. The van der Waals surface area contributed by atoms with Crippen LogP contribution in [0.2, 0.25) is 24.2 Å². The molecule has 0 aromatic carbocycles. The molecule has 0 aliphatic heterocycles. The SMILES string of the molecule is CC[Si](CCCC(CCN)CCC[Si](CC)(OC)OC)(OC)OC. The fourth-order valence-corrected chi connectivity index (χ4v) is 7.99. The van der Waals surface area contributed by atoms with Gasteiger partial charge in [-0.15, -0.1) is 0 Å². The fraction of sp³-hybridized carbons (Fsp3) is 1.00. The molecule has 0 unspecified atom stereocenters. The maximum absolute atomic E-state index is 5.82. The van der Waals surface area contributed by atoms with Gasteiger partial charge in [0, 0.05) is 28.4 Å². The van der Waals surface area contributed by atoms with Crippen LogP contribution in [0.15, 0.2) is 0 Å². The van der Waals surface area contributed by atoms with Crippen molar-refractivity contribution in [3.05, 3.63) is 0 Å². The second kappa shape index (κ2) is 13.4. The van der Waals surface area contributed by atoms with Gasteiger partial charge in [-0.05, 0) is 43.1 Å². The molecular formula is C17H41NO4Si2. The van der Waals surface area contributed by atoms with Crippen molar-refractivity contribution in [3.8, 4) is 0 Å². The van der Waals surface area contributed by atoms with Crippen molar-refractivity contribution in [1.29, 1.82) is 0 Å². The van der Waals surface area contributed by atoms with E-state index < -0.39 is 17.1 Å². The molecule has 0 saturated carbocycles. The molecule has 2 N–H and O–H groups in total. The Labute approximate surface area is 152 Å². The Morgan fingerprint density at radius 2 is 1.08 bits per heavy atom. The first kappa shape index (κ1) is 24.2. The Balaban J connectivity index is 4.35. The van der Waals surface area contributed by atoms with Gasteiger partial charge in [-0.1, -0.05) is 39.5 Å². The topological polar surface area (TPSA) is 62.9 Å². The van der Waals surface area contributed by atoms with Gasteiger partial charge in [-0.3, -0.25) is 0 Å². The summed E-state index contributed by atoms with van der Waals surface area (Å²) in [6.45, 7) is 5.10. The summed E-state index contributed by atoms with van der Waals surface area (Å²) in [6.07, 6.45) is 5.84. The van der Waals surface area contributed by atoms with Gasteiger partial charge in [0.25, 0.3) is 0 Å². The molecule has 0 saturated heterocycles. The van der Waals surface area contributed by atoms with Gasteiger partial charge in [-0.2, -0.15) is 0 Å². The zero-order valence-electron chi connectivity index (χ0n) is 16.9. The lowest BCUT2D eigenvalue weighted by Crippen LogP contribution is -2.39. The van der Waals surface area contributed by atoms with Gasteiger partial charge in [-0.25, -0.2) is 0 Å². The summed E-state index contributed by atoms with van der Waals surface area (Å²) in [4.78, 5) is 0. The summed E-state index contributed by atoms with van der Waals surface area (Å²) < 4.78 is 22.8. The van der Waals surface area contributed by atoms with Crippen LogP contribution in [0.5, 0.6) is 0 Å². The lowest BCUT2D eigenvalue weighted by Gasteiger charge is -2.28. The molecule has 0 aromatic heterocycles. The minimum absolute atomic E-state index is 0.685. The van der Waals surface area contributed by atoms with E-state index in [2.05, 4.69) is 13.8 Å². The Morgan fingerprint density at radius 1 is 0.708 bits per heavy atom. The second-order valence-electron chi connectivity index (χ2n) is 6.57. The lowest BCUT2D eigenvalue weighted by atomic mass is 9.95. The molecule has 0 fully saturated rings. The van der Waals surface area contributed by atoms with E-state index in [0.29, 0.717) is 5.92 Å². The molecule has 0 aliphatic carbocycles. The zero-order valence-corrected chi connectivity index (χ0v) is 18.9. The van der Waals surface area contributed by atoms with Gasteiger partial charge < -0.3 is 23.4 Å². The normalized spacial score (nSPS) is 13.0. The molecule has 24 heavy (non-hydrogen) atoms. The second-order valence-corrected chi connectivity index (χ2v) is 14.3. The maximum Gasteiger partial charge on any atom is 0.337 e. The zero-order chi connectivity index (χ0) is 18.5. The molecule has 0 atom stereocenters. The molecule has 146 valence electrons. The van der Waals surface area contributed by atoms with E-state index in [9.17, 15) is 0 Å². The van der Waals surface area contributed by atoms with E-state index in [1.54, 1.807) is 28.4 Å². The van der Waals surface area contributed by atoms with Crippen molar-refractivity contribution >= 4 is 17.1 Å². The minimum Gasteiger partial charge on any atom is -0.398 e. The van der Waals surface area contributed by atoms with Gasteiger partial charge in [0.2, 0.25) is 0 Å². The van der Waals surface area contributed by atoms with Crippen LogP contribution in [0, 0.1) is 5.92 Å². The van der Waals surface area contributed by atoms with E-state index in [1.807, 2.05) is 0 Å². The van der Waals surface area contributed by atoms with Crippen LogP contribution in [0.3, 0.4) is 0 Å². The van der Waals surface area contributed by atoms with E-state index in [4.69, 9.17) is 23.4 Å². The molecule has 0 radical (unpaired) electrons. The third-order valence-corrected chi connectivity index (χ3v) is 12.8. The molecule has 0 aliphatic rings. The van der Waals surface area contributed by atoms with E-state index in [1.165, 1.54) is 12.8 Å². The van der Waals surface area contributed by atoms with Crippen LogP contribution in [0.25, 0.3) is 0 Å². The molecule has 0 amide bonds. The van der Waals surface area contributed by atoms with Crippen molar-refractivity contribution in [2.45, 2.75) is 70.1 Å². The summed E-state index contributed by atoms with van der Waals surface area (Å²) >= 11 is 0. The van der Waals surface area contributed by atoms with E-state index in [-0.39, 0.29) is 0 Å². The molecule has 0 spiro atoms. The molecule has 0 aromatic rings. The Hall–Kier alpha value is 0.234. The van der Waals surface area contributed by atoms with Crippen LogP contribution < -0.4 is 5.73 Å². The Morgan fingerprint density at radius 3 is 1.33 bits per heavy atom. The number of hydrogen-bond donors (Lipinski definition) is 1. The average Bonchev–Trinajstić information content (AvgIpc) is 2.63. The van der Waals surface area contributed by atoms with E-state index in [0.717, 1.165) is 50.0 Å². The lowest BCUT2D eigenvalue weighted by molar-refractivity contribution is 0.238. The Kier molecular flexibility index (Phi) is 13.6. The predicted octanol–water partition coefficient (Wildman–Crippen LogP) is 4.02. The van der Waals surface area contributed by atoms with Crippen molar-refractivity contribution in [2.24, 2.45) is 11.7 Å². The highest BCUT2D eigenvalue weighted by Crippen LogP contribution is 2.27. The molecule has 0 rings (SSSR count). The first-order valence-electron chi connectivity index (χ1n) is 9.41. The summed E-state index contributed by atoms with van der Waals surface area (Å²) in [5.41, 5.74) is 5.82. The van der Waals surface area contributed by atoms with Crippen LogP contribution in [0.1, 0.15) is 46.0 Å². The maximum atomic E-state index is 5.82. The molecule has 0 heterocycles. The van der Waals surface area contributed by atoms with Crippen molar-refractivity contribution in [2.75, 3.05) is 35.0 Å². The summed E-state index contributed by atoms with van der Waals surface area (Å²) in [6, 6.07) is 4.16. The van der Waals surface area contributed by atoms with E-state index >= 15 is 0 Å². The number of rotatable bonds is 16. The summed E-state index contributed by atoms with van der Waals surface area (Å²) in [5, 5.41) is 0. The standard InChI is InChI=1S/C17H41NO4Si2/c1-7-23(19-3,20-4)15-9-11-17(13-14-18)12-10-16-24(8-2,21-5)22-6/h17H,7-16,18H2,1-6H3. The van der Waals surface area contributed by atoms with Crippen LogP contribution in [-0.2, 0) is 17.7 Å². The van der Waals surface area contributed by atoms with Crippen LogP contribution >= 0.6 is 0 Å². The first-order valence-corrected chi connectivity index (χ1v) is 13.9. The third-order valence-electron chi connectivity index (χ3n) is 5.48. The van der Waals surface area contributed by atoms with Crippen molar-refractivity contribution in [1.82, 2.24) is 0 Å². The molecule has 0 bridgehead atoms. The molecule has 7 heteroatoms. The fourth-order valence-electron chi connectivity index (χ4n) is 3.49. The largest absolute Gasteiger partial charge is 0.398 e. The number of nitrogens with two attached hydrogens (primary N) is 1. The van der Waals surface area contributed by atoms with Gasteiger partial charge in [0.1, 0.15) is 0 Å². The summed E-state index contributed by atoms with van der Waals surface area (Å²) in [7, 11) is 3.27. The van der Waals surface area contributed by atoms with Crippen LogP contribution in [-0.4, -0.2) is 52.1 Å². The first-order chi connectivity index (χ1) is 11.5. The smallest absolute Gasteiger partial charge is 0.337 e. The van der Waals surface area contributed by atoms with Gasteiger partial charge in [0.15, 0.2) is 0 Å². The Bertz CT molecular complexity index is 258. The van der Waals surface area contributed by atoms with Crippen molar-refractivity contribution < 1.29 is 17.7 Å². The highest BCUT2D eigenvalue weighted by Gasteiger charge is 2.34. The predicted molar refractivity (Wildman–Crippen MR) is 106 cm³/mol. The summed E-state index contributed by atoms with van der Waals surface area (Å²) in [5.74, 6) is 0.685. The van der Waals surface area contributed by atoms with Gasteiger partial charge in [0.05, 0.1) is 0 Å². The molecule has 5 nitrogen and oxygen atoms in total. The molecular weight excluding hydrogens is 338 g/mol. The number of hydrogen-bond acceptors (Lipinski definition) is 5. The van der Waals surface area contributed by atoms with Crippen molar-refractivity contribution in [3.63, 3.8) is 0 Å². The minimum atomic E-state index is -1.95. The van der Waals surface area contributed by atoms with Gasteiger partial charge >= 0.3 is 17.1 Å². The monoisotopic (exact) mass is 379 g/mol.